The smallest absolute Gasteiger partial charge is 0.335 e. The number of nitrogens with zero attached hydrogens (tertiary/aromatic N) is 1. The van der Waals surface area contributed by atoms with Crippen molar-refractivity contribution in [3.63, 3.8) is 0 Å². The zero-order chi connectivity index (χ0) is 15.4. The number of aromatic carboxylic acids is 1. The van der Waals surface area contributed by atoms with Gasteiger partial charge in [-0.25, -0.2) is 4.79 Å². The van der Waals surface area contributed by atoms with Crippen LogP contribution in [0.25, 0.3) is 0 Å². The lowest BCUT2D eigenvalue weighted by Crippen LogP contribution is -2.32. The Morgan fingerprint density at radius 2 is 2.24 bits per heavy atom. The molecule has 1 atom stereocenters. The molecule has 1 aliphatic heterocycles. The van der Waals surface area contributed by atoms with Crippen LogP contribution in [0.2, 0.25) is 5.02 Å². The third-order valence-electron chi connectivity index (χ3n) is 3.56. The number of hydrogen-bond acceptors (Lipinski definition) is 4. The van der Waals surface area contributed by atoms with Gasteiger partial charge in [-0.3, -0.25) is 9.69 Å². The number of benzene rings is 1. The Labute approximate surface area is 127 Å². The van der Waals surface area contributed by atoms with Crippen LogP contribution in [-0.2, 0) is 4.79 Å². The van der Waals surface area contributed by atoms with Gasteiger partial charge in [-0.05, 0) is 43.6 Å². The quantitative estimate of drug-likeness (QED) is 0.761. The second kappa shape index (κ2) is 6.89. The molecular formula is C14H18ClN3O3. The maximum atomic E-state index is 12.0. The summed E-state index contributed by atoms with van der Waals surface area (Å²) < 4.78 is 0. The molecular weight excluding hydrogens is 294 g/mol. The summed E-state index contributed by atoms with van der Waals surface area (Å²) in [5.74, 6) is -0.832. The van der Waals surface area contributed by atoms with Gasteiger partial charge in [-0.15, -0.1) is 0 Å². The third kappa shape index (κ3) is 4.17. The first-order valence-electron chi connectivity index (χ1n) is 6.74. The Bertz CT molecular complexity index is 550. The van der Waals surface area contributed by atoms with Gasteiger partial charge >= 0.3 is 5.97 Å². The summed E-state index contributed by atoms with van der Waals surface area (Å²) in [5.41, 5.74) is 6.01. The van der Waals surface area contributed by atoms with Gasteiger partial charge in [0.2, 0.25) is 5.91 Å². The first-order valence-corrected chi connectivity index (χ1v) is 7.12. The summed E-state index contributed by atoms with van der Waals surface area (Å²) >= 11 is 5.97. The van der Waals surface area contributed by atoms with Crippen molar-refractivity contribution in [1.82, 2.24) is 4.90 Å². The predicted molar refractivity (Wildman–Crippen MR) is 80.6 cm³/mol. The Morgan fingerprint density at radius 1 is 1.48 bits per heavy atom. The molecule has 1 amide bonds. The van der Waals surface area contributed by atoms with Crippen molar-refractivity contribution < 1.29 is 14.7 Å². The topological polar surface area (TPSA) is 95.7 Å². The van der Waals surface area contributed by atoms with Crippen LogP contribution in [0.1, 0.15) is 16.8 Å². The molecule has 0 saturated carbocycles. The SMILES string of the molecule is NCC1CCN(CC(=O)Nc2cc(C(=O)O)ccc2Cl)C1. The number of nitrogens with one attached hydrogen (secondary N) is 1. The molecule has 1 unspecified atom stereocenters. The van der Waals surface area contributed by atoms with Gasteiger partial charge in [-0.2, -0.15) is 0 Å². The van der Waals surface area contributed by atoms with E-state index in [9.17, 15) is 9.59 Å². The van der Waals surface area contributed by atoms with Crippen molar-refractivity contribution in [1.29, 1.82) is 0 Å². The predicted octanol–water partition coefficient (Wildman–Crippen LogP) is 1.26. The second-order valence-corrected chi connectivity index (χ2v) is 5.58. The summed E-state index contributed by atoms with van der Waals surface area (Å²) in [6, 6.07) is 4.21. The summed E-state index contributed by atoms with van der Waals surface area (Å²) in [7, 11) is 0. The fourth-order valence-electron chi connectivity index (χ4n) is 2.40. The Hall–Kier alpha value is -1.63. The average molecular weight is 312 g/mol. The number of likely N-dealkylation sites (tertiary alicyclic amines) is 1. The standard InChI is InChI=1S/C14H18ClN3O3/c15-11-2-1-10(14(20)21)5-12(11)17-13(19)8-18-4-3-9(6-16)7-18/h1-2,5,9H,3-4,6-8,16H2,(H,17,19)(H,20,21). The molecule has 1 aliphatic rings. The molecule has 114 valence electrons. The number of carboxylic acids is 1. The number of carboxylic acid groups (broad SMARTS) is 1. The lowest BCUT2D eigenvalue weighted by molar-refractivity contribution is -0.117. The molecule has 6 nitrogen and oxygen atoms in total. The number of halogens is 1. The molecule has 7 heteroatoms. The summed E-state index contributed by atoms with van der Waals surface area (Å²) in [4.78, 5) is 25.0. The molecule has 1 fully saturated rings. The molecule has 0 radical (unpaired) electrons. The second-order valence-electron chi connectivity index (χ2n) is 5.17. The minimum atomic E-state index is -1.06. The molecule has 4 N–H and O–H groups in total. The summed E-state index contributed by atoms with van der Waals surface area (Å²) in [6.45, 7) is 2.54. The molecule has 0 spiro atoms. The molecule has 1 aromatic rings. The molecule has 0 aliphatic carbocycles. The normalized spacial score (nSPS) is 18.7. The van der Waals surface area contributed by atoms with Crippen molar-refractivity contribution in [3.05, 3.63) is 28.8 Å². The first kappa shape index (κ1) is 15.8. The lowest BCUT2D eigenvalue weighted by Gasteiger charge is -2.15. The fourth-order valence-corrected chi connectivity index (χ4v) is 2.56. The van der Waals surface area contributed by atoms with E-state index in [4.69, 9.17) is 22.4 Å². The number of carbonyl (C=O) groups is 2. The molecule has 1 heterocycles. The summed E-state index contributed by atoms with van der Waals surface area (Å²) in [5, 5.41) is 11.9. The van der Waals surface area contributed by atoms with E-state index in [1.807, 2.05) is 4.90 Å². The number of anilines is 1. The average Bonchev–Trinajstić information content (AvgIpc) is 2.88. The zero-order valence-corrected chi connectivity index (χ0v) is 12.3. The zero-order valence-electron chi connectivity index (χ0n) is 11.5. The Kier molecular flexibility index (Phi) is 5.17. The van der Waals surface area contributed by atoms with E-state index in [-0.39, 0.29) is 18.0 Å². The summed E-state index contributed by atoms with van der Waals surface area (Å²) in [6.07, 6.45) is 0.999. The highest BCUT2D eigenvalue weighted by atomic mass is 35.5. The fraction of sp³-hybridized carbons (Fsp3) is 0.429. The van der Waals surface area contributed by atoms with Crippen molar-refractivity contribution >= 4 is 29.2 Å². The van der Waals surface area contributed by atoms with Crippen LogP contribution in [0.15, 0.2) is 18.2 Å². The van der Waals surface area contributed by atoms with Crippen LogP contribution in [-0.4, -0.2) is 48.1 Å². The third-order valence-corrected chi connectivity index (χ3v) is 3.89. The molecule has 2 rings (SSSR count). The molecule has 1 saturated heterocycles. The highest BCUT2D eigenvalue weighted by molar-refractivity contribution is 6.33. The first-order chi connectivity index (χ1) is 9.99. The van der Waals surface area contributed by atoms with Gasteiger partial charge in [0.15, 0.2) is 0 Å². The largest absolute Gasteiger partial charge is 0.478 e. The maximum Gasteiger partial charge on any atom is 0.335 e. The van der Waals surface area contributed by atoms with Gasteiger partial charge in [0.25, 0.3) is 0 Å². The van der Waals surface area contributed by atoms with Gasteiger partial charge in [0.05, 0.1) is 22.8 Å². The molecule has 1 aromatic carbocycles. The van der Waals surface area contributed by atoms with Crippen LogP contribution in [0, 0.1) is 5.92 Å². The Morgan fingerprint density at radius 3 is 2.86 bits per heavy atom. The minimum absolute atomic E-state index is 0.0825. The maximum absolute atomic E-state index is 12.0. The Balaban J connectivity index is 1.96. The van der Waals surface area contributed by atoms with E-state index < -0.39 is 5.97 Å². The number of nitrogens with two attached hydrogens (primary N) is 1. The molecule has 0 bridgehead atoms. The van der Waals surface area contributed by atoms with Gasteiger partial charge < -0.3 is 16.2 Å². The van der Waals surface area contributed by atoms with E-state index in [1.165, 1.54) is 18.2 Å². The van der Waals surface area contributed by atoms with Gasteiger partial charge in [-0.1, -0.05) is 11.6 Å². The van der Waals surface area contributed by atoms with Crippen molar-refractivity contribution in [2.24, 2.45) is 11.7 Å². The molecule has 21 heavy (non-hydrogen) atoms. The van der Waals surface area contributed by atoms with Crippen molar-refractivity contribution in [2.45, 2.75) is 6.42 Å². The highest BCUT2D eigenvalue weighted by Crippen LogP contribution is 2.23. The highest BCUT2D eigenvalue weighted by Gasteiger charge is 2.23. The van der Waals surface area contributed by atoms with Crippen molar-refractivity contribution in [3.8, 4) is 0 Å². The number of hydrogen-bond donors (Lipinski definition) is 3. The van der Waals surface area contributed by atoms with E-state index in [1.54, 1.807) is 0 Å². The van der Waals surface area contributed by atoms with E-state index in [0.717, 1.165) is 19.5 Å². The minimum Gasteiger partial charge on any atom is -0.478 e. The number of carbonyl (C=O) groups excluding carboxylic acids is 1. The van der Waals surface area contributed by atoms with Crippen LogP contribution in [0.4, 0.5) is 5.69 Å². The van der Waals surface area contributed by atoms with Crippen LogP contribution < -0.4 is 11.1 Å². The van der Waals surface area contributed by atoms with Crippen LogP contribution >= 0.6 is 11.6 Å². The lowest BCUT2D eigenvalue weighted by atomic mass is 10.1. The monoisotopic (exact) mass is 311 g/mol. The van der Waals surface area contributed by atoms with Crippen LogP contribution in [0.5, 0.6) is 0 Å². The number of rotatable bonds is 5. The number of amides is 1. The van der Waals surface area contributed by atoms with Crippen molar-refractivity contribution in [2.75, 3.05) is 31.5 Å². The van der Waals surface area contributed by atoms with Crippen LogP contribution in [0.3, 0.4) is 0 Å². The van der Waals surface area contributed by atoms with Gasteiger partial charge in [0, 0.05) is 6.54 Å². The van der Waals surface area contributed by atoms with Gasteiger partial charge in [0.1, 0.15) is 0 Å². The molecule has 0 aromatic heterocycles. The van der Waals surface area contributed by atoms with E-state index in [0.29, 0.717) is 23.2 Å². The van der Waals surface area contributed by atoms with E-state index >= 15 is 0 Å². The van der Waals surface area contributed by atoms with E-state index in [2.05, 4.69) is 5.32 Å².